The van der Waals surface area contributed by atoms with Crippen molar-refractivity contribution in [2.75, 3.05) is 6.54 Å². The molecule has 0 atom stereocenters. The number of unbranched alkanes of at least 4 members (excludes halogenated alkanes) is 4. The molecule has 92 valence electrons. The van der Waals surface area contributed by atoms with E-state index in [9.17, 15) is 4.79 Å². The van der Waals surface area contributed by atoms with E-state index in [1.165, 1.54) is 32.1 Å². The topological polar surface area (TPSA) is 20.3 Å². The van der Waals surface area contributed by atoms with E-state index in [0.29, 0.717) is 5.91 Å². The zero-order valence-corrected chi connectivity index (χ0v) is 10.6. The maximum Gasteiger partial charge on any atom is 0.226 e. The Morgan fingerprint density at radius 2 is 2.00 bits per heavy atom. The van der Waals surface area contributed by atoms with Crippen LogP contribution in [0.3, 0.4) is 0 Å². The fourth-order valence-corrected chi connectivity index (χ4v) is 2.05. The zero-order chi connectivity index (χ0) is 11.6. The van der Waals surface area contributed by atoms with E-state index in [4.69, 9.17) is 0 Å². The number of carbonyl (C=O) groups excluding carboxylic acids is 1. The molecule has 1 heterocycles. The number of rotatable bonds is 6. The molecule has 0 unspecified atom stereocenters. The van der Waals surface area contributed by atoms with Gasteiger partial charge in [-0.2, -0.15) is 0 Å². The molecule has 0 saturated carbocycles. The van der Waals surface area contributed by atoms with Crippen molar-refractivity contribution in [3.63, 3.8) is 0 Å². The lowest BCUT2D eigenvalue weighted by atomic mass is 10.1. The monoisotopic (exact) mass is 223 g/mol. The van der Waals surface area contributed by atoms with Crippen molar-refractivity contribution in [3.05, 3.63) is 12.3 Å². The summed E-state index contributed by atoms with van der Waals surface area (Å²) in [6.45, 7) is 3.14. The summed E-state index contributed by atoms with van der Waals surface area (Å²) in [7, 11) is 0. The number of hydrogen-bond acceptors (Lipinski definition) is 1. The molecule has 0 radical (unpaired) electrons. The summed E-state index contributed by atoms with van der Waals surface area (Å²) >= 11 is 0. The first kappa shape index (κ1) is 13.3. The van der Waals surface area contributed by atoms with Gasteiger partial charge in [0.25, 0.3) is 0 Å². The van der Waals surface area contributed by atoms with Gasteiger partial charge in [0.1, 0.15) is 0 Å². The van der Waals surface area contributed by atoms with Gasteiger partial charge in [-0.15, -0.1) is 0 Å². The van der Waals surface area contributed by atoms with Gasteiger partial charge in [-0.1, -0.05) is 38.7 Å². The lowest BCUT2D eigenvalue weighted by Crippen LogP contribution is -2.25. The average Bonchev–Trinajstić information content (AvgIpc) is 2.57. The van der Waals surface area contributed by atoms with E-state index in [1.807, 2.05) is 11.1 Å². The molecule has 0 N–H and O–H groups in total. The second-order valence-electron chi connectivity index (χ2n) is 4.63. The molecule has 0 aromatic rings. The van der Waals surface area contributed by atoms with Gasteiger partial charge in [-0.05, 0) is 25.7 Å². The van der Waals surface area contributed by atoms with Gasteiger partial charge < -0.3 is 4.90 Å². The number of hydrogen-bond donors (Lipinski definition) is 0. The summed E-state index contributed by atoms with van der Waals surface area (Å²) in [5, 5.41) is 0. The van der Waals surface area contributed by atoms with Crippen molar-refractivity contribution < 1.29 is 4.79 Å². The lowest BCUT2D eigenvalue weighted by molar-refractivity contribution is -0.128. The summed E-state index contributed by atoms with van der Waals surface area (Å²) in [6.07, 6.45) is 14.4. The second-order valence-corrected chi connectivity index (χ2v) is 4.63. The molecule has 0 fully saturated rings. The minimum absolute atomic E-state index is 0.314. The van der Waals surface area contributed by atoms with Gasteiger partial charge in [0.2, 0.25) is 5.91 Å². The SMILES string of the molecule is CCCCCCCC(=O)N1C=CCCCC1. The highest BCUT2D eigenvalue weighted by Crippen LogP contribution is 2.11. The first-order chi connectivity index (χ1) is 7.84. The normalized spacial score (nSPS) is 16.2. The Balaban J connectivity index is 2.13. The van der Waals surface area contributed by atoms with E-state index in [1.54, 1.807) is 0 Å². The van der Waals surface area contributed by atoms with Gasteiger partial charge in [0.05, 0.1) is 0 Å². The molecule has 2 heteroatoms. The zero-order valence-electron chi connectivity index (χ0n) is 10.6. The molecular formula is C14H25NO. The third-order valence-electron chi connectivity index (χ3n) is 3.12. The Morgan fingerprint density at radius 1 is 1.19 bits per heavy atom. The Hall–Kier alpha value is -0.790. The minimum Gasteiger partial charge on any atom is -0.319 e. The molecule has 0 aromatic heterocycles. The minimum atomic E-state index is 0.314. The van der Waals surface area contributed by atoms with Crippen LogP contribution >= 0.6 is 0 Å². The van der Waals surface area contributed by atoms with E-state index < -0.39 is 0 Å². The predicted molar refractivity (Wildman–Crippen MR) is 68.1 cm³/mol. The van der Waals surface area contributed by atoms with Crippen molar-refractivity contribution in [2.45, 2.75) is 64.7 Å². The summed E-state index contributed by atoms with van der Waals surface area (Å²) < 4.78 is 0. The largest absolute Gasteiger partial charge is 0.319 e. The van der Waals surface area contributed by atoms with E-state index in [0.717, 1.165) is 32.2 Å². The van der Waals surface area contributed by atoms with Crippen molar-refractivity contribution in [2.24, 2.45) is 0 Å². The molecule has 0 aromatic carbocycles. The van der Waals surface area contributed by atoms with E-state index in [2.05, 4.69) is 13.0 Å². The number of allylic oxidation sites excluding steroid dienone is 1. The fourth-order valence-electron chi connectivity index (χ4n) is 2.05. The first-order valence-corrected chi connectivity index (χ1v) is 6.80. The quantitative estimate of drug-likeness (QED) is 0.626. The third-order valence-corrected chi connectivity index (χ3v) is 3.12. The molecule has 2 nitrogen and oxygen atoms in total. The maximum atomic E-state index is 11.9. The number of amides is 1. The van der Waals surface area contributed by atoms with Crippen LogP contribution in [-0.4, -0.2) is 17.4 Å². The Morgan fingerprint density at radius 3 is 2.81 bits per heavy atom. The van der Waals surface area contributed by atoms with Crippen molar-refractivity contribution in [1.29, 1.82) is 0 Å². The second kappa shape index (κ2) is 8.37. The van der Waals surface area contributed by atoms with Gasteiger partial charge in [-0.25, -0.2) is 0 Å². The molecule has 1 aliphatic rings. The smallest absolute Gasteiger partial charge is 0.226 e. The summed E-state index contributed by atoms with van der Waals surface area (Å²) in [6, 6.07) is 0. The maximum absolute atomic E-state index is 11.9. The van der Waals surface area contributed by atoms with E-state index in [-0.39, 0.29) is 0 Å². The van der Waals surface area contributed by atoms with Crippen molar-refractivity contribution in [3.8, 4) is 0 Å². The van der Waals surface area contributed by atoms with Gasteiger partial charge >= 0.3 is 0 Å². The van der Waals surface area contributed by atoms with Crippen molar-refractivity contribution >= 4 is 5.91 Å². The number of carbonyl (C=O) groups is 1. The van der Waals surface area contributed by atoms with Gasteiger partial charge in [0.15, 0.2) is 0 Å². The highest BCUT2D eigenvalue weighted by atomic mass is 16.2. The third kappa shape index (κ3) is 5.34. The fraction of sp³-hybridized carbons (Fsp3) is 0.786. The van der Waals surface area contributed by atoms with Crippen molar-refractivity contribution in [1.82, 2.24) is 4.90 Å². The van der Waals surface area contributed by atoms with Gasteiger partial charge in [-0.3, -0.25) is 4.79 Å². The van der Waals surface area contributed by atoms with E-state index >= 15 is 0 Å². The summed E-state index contributed by atoms with van der Waals surface area (Å²) in [5.74, 6) is 0.314. The highest BCUT2D eigenvalue weighted by Gasteiger charge is 2.11. The Labute approximate surface area is 99.7 Å². The van der Waals surface area contributed by atoms with Crippen LogP contribution in [0.25, 0.3) is 0 Å². The standard InChI is InChI=1S/C14H25NO/c1-2-3-4-5-8-11-14(16)15-12-9-6-7-10-13-15/h9,12H,2-8,10-11,13H2,1H3. The first-order valence-electron chi connectivity index (χ1n) is 6.80. The van der Waals surface area contributed by atoms with Crippen LogP contribution in [0.5, 0.6) is 0 Å². The van der Waals surface area contributed by atoms with Crippen LogP contribution in [0.4, 0.5) is 0 Å². The molecule has 0 aliphatic carbocycles. The van der Waals surface area contributed by atoms with Crippen LogP contribution in [0, 0.1) is 0 Å². The van der Waals surface area contributed by atoms with Crippen LogP contribution in [0.2, 0.25) is 0 Å². The average molecular weight is 223 g/mol. The number of nitrogens with zero attached hydrogens (tertiary/aromatic N) is 1. The Kier molecular flexibility index (Phi) is 6.95. The van der Waals surface area contributed by atoms with Crippen LogP contribution in [0.1, 0.15) is 64.7 Å². The molecule has 0 saturated heterocycles. The molecule has 16 heavy (non-hydrogen) atoms. The predicted octanol–water partition coefficient (Wildman–Crippen LogP) is 3.87. The van der Waals surface area contributed by atoms with Crippen LogP contribution in [0.15, 0.2) is 12.3 Å². The Bertz CT molecular complexity index is 223. The summed E-state index contributed by atoms with van der Waals surface area (Å²) in [4.78, 5) is 13.8. The van der Waals surface area contributed by atoms with Crippen LogP contribution in [-0.2, 0) is 4.79 Å². The molecule has 0 spiro atoms. The lowest BCUT2D eigenvalue weighted by Gasteiger charge is -2.16. The molecule has 1 rings (SSSR count). The molecule has 1 amide bonds. The molecular weight excluding hydrogens is 198 g/mol. The van der Waals surface area contributed by atoms with Crippen LogP contribution < -0.4 is 0 Å². The highest BCUT2D eigenvalue weighted by molar-refractivity contribution is 5.77. The summed E-state index contributed by atoms with van der Waals surface area (Å²) in [5.41, 5.74) is 0. The molecule has 0 bridgehead atoms. The van der Waals surface area contributed by atoms with Gasteiger partial charge in [0, 0.05) is 19.2 Å². The molecule has 1 aliphatic heterocycles.